The average Bonchev–Trinajstić information content (AvgIpc) is 2.35. The van der Waals surface area contributed by atoms with E-state index in [0.29, 0.717) is 6.54 Å². The molecule has 1 unspecified atom stereocenters. The monoisotopic (exact) mass is 282 g/mol. The third-order valence-electron chi connectivity index (χ3n) is 3.93. The second-order valence-electron chi connectivity index (χ2n) is 6.72. The fourth-order valence-corrected chi connectivity index (χ4v) is 2.84. The van der Waals surface area contributed by atoms with Gasteiger partial charge in [-0.2, -0.15) is 0 Å². The lowest BCUT2D eigenvalue weighted by Gasteiger charge is -2.37. The molecule has 0 aromatic heterocycles. The third-order valence-corrected chi connectivity index (χ3v) is 3.93. The van der Waals surface area contributed by atoms with E-state index in [2.05, 4.69) is 26.1 Å². The van der Waals surface area contributed by atoms with E-state index in [0.717, 1.165) is 19.3 Å². The van der Waals surface area contributed by atoms with Gasteiger partial charge in [-0.05, 0) is 18.3 Å². The van der Waals surface area contributed by atoms with Gasteiger partial charge in [-0.3, -0.25) is 9.59 Å². The Morgan fingerprint density at radius 1 is 1.20 bits per heavy atom. The number of carbonyl (C=O) groups is 2. The van der Waals surface area contributed by atoms with Crippen LogP contribution in [0.2, 0.25) is 0 Å². The van der Waals surface area contributed by atoms with Gasteiger partial charge in [0.1, 0.15) is 6.04 Å². The Balaban J connectivity index is 2.59. The molecule has 4 nitrogen and oxygen atoms in total. The van der Waals surface area contributed by atoms with Gasteiger partial charge >= 0.3 is 0 Å². The van der Waals surface area contributed by atoms with Crippen molar-refractivity contribution in [2.24, 2.45) is 5.41 Å². The number of amides is 2. The molecular formula is C16H30N2O2. The number of unbranched alkanes of at least 4 members (excludes halogenated alkanes) is 2. The van der Waals surface area contributed by atoms with Crippen molar-refractivity contribution >= 4 is 11.8 Å². The Bertz CT molecular complexity index is 339. The lowest BCUT2D eigenvalue weighted by atomic mass is 9.86. The van der Waals surface area contributed by atoms with Crippen molar-refractivity contribution in [3.8, 4) is 0 Å². The van der Waals surface area contributed by atoms with E-state index in [9.17, 15) is 9.59 Å². The highest BCUT2D eigenvalue weighted by molar-refractivity contribution is 5.94. The molecular weight excluding hydrogens is 252 g/mol. The molecule has 0 bridgehead atoms. The predicted molar refractivity (Wildman–Crippen MR) is 81.3 cm³/mol. The van der Waals surface area contributed by atoms with Gasteiger partial charge in [-0.15, -0.1) is 0 Å². The third kappa shape index (κ3) is 5.14. The van der Waals surface area contributed by atoms with E-state index in [4.69, 9.17) is 0 Å². The van der Waals surface area contributed by atoms with Crippen LogP contribution in [0.1, 0.15) is 66.2 Å². The molecule has 4 heteroatoms. The van der Waals surface area contributed by atoms with E-state index in [-0.39, 0.29) is 29.8 Å². The minimum Gasteiger partial charge on any atom is -0.343 e. The molecule has 0 spiro atoms. The van der Waals surface area contributed by atoms with E-state index in [1.165, 1.54) is 19.3 Å². The summed E-state index contributed by atoms with van der Waals surface area (Å²) in [6.45, 7) is 9.52. The van der Waals surface area contributed by atoms with Crippen LogP contribution in [0.25, 0.3) is 0 Å². The molecule has 1 aliphatic rings. The lowest BCUT2D eigenvalue weighted by Crippen LogP contribution is -2.59. The van der Waals surface area contributed by atoms with Gasteiger partial charge in [0, 0.05) is 6.54 Å². The van der Waals surface area contributed by atoms with Gasteiger partial charge in [-0.1, -0.05) is 53.4 Å². The molecule has 20 heavy (non-hydrogen) atoms. The van der Waals surface area contributed by atoms with Crippen LogP contribution in [0.5, 0.6) is 0 Å². The molecule has 0 aromatic rings. The largest absolute Gasteiger partial charge is 0.343 e. The van der Waals surface area contributed by atoms with E-state index in [1.807, 2.05) is 6.92 Å². The summed E-state index contributed by atoms with van der Waals surface area (Å²) in [6, 6.07) is -0.312. The summed E-state index contributed by atoms with van der Waals surface area (Å²) in [5, 5.41) is 2.80. The minimum atomic E-state index is -0.312. The maximum absolute atomic E-state index is 12.4. The molecule has 1 heterocycles. The van der Waals surface area contributed by atoms with Crippen LogP contribution in [0.15, 0.2) is 0 Å². The van der Waals surface area contributed by atoms with Crippen LogP contribution in [0.3, 0.4) is 0 Å². The number of nitrogens with one attached hydrogen (secondary N) is 1. The number of hydrogen-bond donors (Lipinski definition) is 1. The van der Waals surface area contributed by atoms with Crippen LogP contribution in [-0.2, 0) is 9.59 Å². The van der Waals surface area contributed by atoms with Crippen molar-refractivity contribution < 1.29 is 9.59 Å². The fourth-order valence-electron chi connectivity index (χ4n) is 2.84. The first-order valence-electron chi connectivity index (χ1n) is 7.97. The average molecular weight is 282 g/mol. The highest BCUT2D eigenvalue weighted by atomic mass is 16.2. The molecule has 1 N–H and O–H groups in total. The molecule has 2 amide bonds. The molecule has 0 saturated carbocycles. The van der Waals surface area contributed by atoms with Gasteiger partial charge in [0.15, 0.2) is 0 Å². The van der Waals surface area contributed by atoms with Crippen LogP contribution in [0, 0.1) is 5.41 Å². The summed E-state index contributed by atoms with van der Waals surface area (Å²) in [5.41, 5.74) is 0.0826. The van der Waals surface area contributed by atoms with Crippen molar-refractivity contribution in [2.45, 2.75) is 72.3 Å². The van der Waals surface area contributed by atoms with Crippen LogP contribution < -0.4 is 5.32 Å². The summed E-state index contributed by atoms with van der Waals surface area (Å²) < 4.78 is 0. The first-order valence-corrected chi connectivity index (χ1v) is 7.97. The Morgan fingerprint density at radius 2 is 1.90 bits per heavy atom. The van der Waals surface area contributed by atoms with Gasteiger partial charge in [0.2, 0.25) is 11.8 Å². The molecule has 0 aliphatic carbocycles. The smallest absolute Gasteiger partial charge is 0.245 e. The van der Waals surface area contributed by atoms with Crippen molar-refractivity contribution in [1.82, 2.24) is 10.2 Å². The molecule has 0 aromatic carbocycles. The Morgan fingerprint density at radius 3 is 2.50 bits per heavy atom. The number of carbonyl (C=O) groups excluding carboxylic acids is 2. The molecule has 1 atom stereocenters. The Kier molecular flexibility index (Phi) is 6.50. The first kappa shape index (κ1) is 17.0. The van der Waals surface area contributed by atoms with E-state index < -0.39 is 0 Å². The summed E-state index contributed by atoms with van der Waals surface area (Å²) >= 11 is 0. The zero-order valence-corrected chi connectivity index (χ0v) is 13.5. The molecule has 116 valence electrons. The van der Waals surface area contributed by atoms with E-state index in [1.54, 1.807) is 4.90 Å². The predicted octanol–water partition coefficient (Wildman–Crippen LogP) is 2.72. The standard InChI is InChI=1S/C16H30N2O2/c1-5-7-8-10-16(3,4)12-18-11-14(19)17-13(9-6-2)15(18)20/h13H,5-12H2,1-4H3,(H,17,19). The topological polar surface area (TPSA) is 49.4 Å². The quantitative estimate of drug-likeness (QED) is 0.696. The molecule has 1 saturated heterocycles. The maximum atomic E-state index is 12.4. The molecule has 1 rings (SSSR count). The molecule has 1 aliphatic heterocycles. The zero-order valence-electron chi connectivity index (χ0n) is 13.5. The molecule has 1 fully saturated rings. The number of piperazine rings is 1. The molecule has 0 radical (unpaired) electrons. The lowest BCUT2D eigenvalue weighted by molar-refractivity contribution is -0.145. The van der Waals surface area contributed by atoms with Gasteiger partial charge in [0.05, 0.1) is 6.54 Å². The van der Waals surface area contributed by atoms with Crippen molar-refractivity contribution in [2.75, 3.05) is 13.1 Å². The van der Waals surface area contributed by atoms with Crippen LogP contribution in [0.4, 0.5) is 0 Å². The summed E-state index contributed by atoms with van der Waals surface area (Å²) in [6.07, 6.45) is 6.37. The van der Waals surface area contributed by atoms with Crippen molar-refractivity contribution in [3.05, 3.63) is 0 Å². The summed E-state index contributed by atoms with van der Waals surface area (Å²) in [5.74, 6) is 0.0717. The van der Waals surface area contributed by atoms with Crippen molar-refractivity contribution in [3.63, 3.8) is 0 Å². The Hall–Kier alpha value is -1.06. The second-order valence-corrected chi connectivity index (χ2v) is 6.72. The highest BCUT2D eigenvalue weighted by Crippen LogP contribution is 2.26. The second kappa shape index (κ2) is 7.65. The zero-order chi connectivity index (χ0) is 15.2. The normalized spacial score (nSPS) is 20.2. The van der Waals surface area contributed by atoms with Crippen molar-refractivity contribution in [1.29, 1.82) is 0 Å². The SMILES string of the molecule is CCCCCC(C)(C)CN1CC(=O)NC(CCC)C1=O. The van der Waals surface area contributed by atoms with Gasteiger partial charge in [0.25, 0.3) is 0 Å². The number of nitrogens with zero attached hydrogens (tertiary/aromatic N) is 1. The maximum Gasteiger partial charge on any atom is 0.245 e. The number of hydrogen-bond acceptors (Lipinski definition) is 2. The van der Waals surface area contributed by atoms with E-state index >= 15 is 0 Å². The van der Waals surface area contributed by atoms with Gasteiger partial charge < -0.3 is 10.2 Å². The van der Waals surface area contributed by atoms with Crippen LogP contribution in [-0.4, -0.2) is 35.8 Å². The Labute approximate surface area is 123 Å². The van der Waals surface area contributed by atoms with Gasteiger partial charge in [-0.25, -0.2) is 0 Å². The summed E-state index contributed by atoms with van der Waals surface area (Å²) in [4.78, 5) is 25.9. The summed E-state index contributed by atoms with van der Waals surface area (Å²) in [7, 11) is 0. The van der Waals surface area contributed by atoms with Crippen LogP contribution >= 0.6 is 0 Å². The fraction of sp³-hybridized carbons (Fsp3) is 0.875. The minimum absolute atomic E-state index is 0.0209. The number of rotatable bonds is 8. The highest BCUT2D eigenvalue weighted by Gasteiger charge is 2.34. The first-order chi connectivity index (χ1) is 9.39.